The van der Waals surface area contributed by atoms with Crippen molar-refractivity contribution >= 4 is 17.8 Å². The minimum atomic E-state index is -1.03. The van der Waals surface area contributed by atoms with E-state index in [1.165, 1.54) is 6.92 Å². The highest BCUT2D eigenvalue weighted by atomic mass is 16.5. The number of ether oxygens (including phenoxy) is 1. The van der Waals surface area contributed by atoms with Gasteiger partial charge in [0.05, 0.1) is 6.61 Å². The molecule has 0 heterocycles. The molecule has 0 aromatic heterocycles. The Balaban J connectivity index is 0.000000270. The molecule has 0 radical (unpaired) electrons. The number of nitrogens with one attached hydrogen (secondary N) is 1. The molecule has 0 saturated heterocycles. The van der Waals surface area contributed by atoms with Crippen LogP contribution in [0.5, 0.6) is 0 Å². The Labute approximate surface area is 199 Å². The smallest absolute Gasteiger partial charge is 0.327 e. The average Bonchev–Trinajstić information content (AvgIpc) is 2.85. The zero-order chi connectivity index (χ0) is 24.9. The summed E-state index contributed by atoms with van der Waals surface area (Å²) < 4.78 is 4.79. The summed E-state index contributed by atoms with van der Waals surface area (Å²) >= 11 is 0. The summed E-state index contributed by atoms with van der Waals surface area (Å²) in [6.45, 7) is 3.43. The molecule has 3 rings (SSSR count). The van der Waals surface area contributed by atoms with Crippen LogP contribution in [-0.2, 0) is 25.5 Å². The van der Waals surface area contributed by atoms with E-state index in [9.17, 15) is 14.4 Å². The van der Waals surface area contributed by atoms with Crippen LogP contribution in [0.1, 0.15) is 31.0 Å². The Morgan fingerprint density at radius 1 is 0.882 bits per heavy atom. The van der Waals surface area contributed by atoms with E-state index in [4.69, 9.17) is 15.6 Å². The third-order valence-electron chi connectivity index (χ3n) is 4.88. The van der Waals surface area contributed by atoms with Gasteiger partial charge in [-0.15, -0.1) is 0 Å². The molecule has 0 aliphatic carbocycles. The summed E-state index contributed by atoms with van der Waals surface area (Å²) in [7, 11) is 0. The number of aliphatic carboxylic acids is 1. The fourth-order valence-electron chi connectivity index (χ4n) is 3.17. The molecule has 0 saturated carbocycles. The number of carbonyl (C=O) groups is 3. The highest BCUT2D eigenvalue weighted by Gasteiger charge is 2.18. The lowest BCUT2D eigenvalue weighted by Crippen LogP contribution is -2.41. The number of esters is 1. The van der Waals surface area contributed by atoms with Crippen LogP contribution < -0.4 is 11.1 Å². The molecule has 3 aromatic carbocycles. The van der Waals surface area contributed by atoms with Crippen molar-refractivity contribution < 1.29 is 24.2 Å². The van der Waals surface area contributed by atoms with Crippen LogP contribution in [0.25, 0.3) is 11.1 Å². The van der Waals surface area contributed by atoms with Gasteiger partial charge in [0.2, 0.25) is 5.91 Å². The standard InChI is InChI=1S/C17H17NO3.C10H13NO2/c1-12(19)18-16(17(20)21)11-13-7-9-15(10-8-13)14-5-3-2-4-6-14;1-2-13-10(12)9(11)8-6-4-3-5-7-8/h2-10,16H,11H2,1H3,(H,18,19)(H,20,21);3-7,9H,2,11H2,1H3/t16-;9-/m10/s1. The van der Waals surface area contributed by atoms with Crippen molar-refractivity contribution in [1.29, 1.82) is 0 Å². The van der Waals surface area contributed by atoms with E-state index in [2.05, 4.69) is 5.32 Å². The molecule has 7 nitrogen and oxygen atoms in total. The predicted octanol–water partition coefficient (Wildman–Crippen LogP) is 3.73. The van der Waals surface area contributed by atoms with Crippen molar-refractivity contribution in [2.75, 3.05) is 6.61 Å². The van der Waals surface area contributed by atoms with E-state index in [0.717, 1.165) is 22.3 Å². The summed E-state index contributed by atoms with van der Waals surface area (Å²) in [5, 5.41) is 11.5. The third kappa shape index (κ3) is 8.52. The normalized spacial score (nSPS) is 11.9. The van der Waals surface area contributed by atoms with Crippen molar-refractivity contribution in [2.24, 2.45) is 5.73 Å². The fraction of sp³-hybridized carbons (Fsp3) is 0.222. The number of carbonyl (C=O) groups excluding carboxylic acids is 2. The molecular weight excluding hydrogens is 432 g/mol. The highest BCUT2D eigenvalue weighted by molar-refractivity contribution is 5.82. The van der Waals surface area contributed by atoms with Crippen molar-refractivity contribution in [2.45, 2.75) is 32.4 Å². The first-order chi connectivity index (χ1) is 16.3. The lowest BCUT2D eigenvalue weighted by atomic mass is 10.0. The maximum atomic E-state index is 11.2. The van der Waals surface area contributed by atoms with Crippen molar-refractivity contribution in [3.63, 3.8) is 0 Å². The van der Waals surface area contributed by atoms with E-state index >= 15 is 0 Å². The first kappa shape index (κ1) is 26.3. The molecule has 0 fully saturated rings. The average molecular weight is 463 g/mol. The topological polar surface area (TPSA) is 119 Å². The summed E-state index contributed by atoms with van der Waals surface area (Å²) in [5.74, 6) is -1.76. The van der Waals surface area contributed by atoms with Gasteiger partial charge in [-0.1, -0.05) is 84.9 Å². The molecule has 0 unspecified atom stereocenters. The van der Waals surface area contributed by atoms with Crippen LogP contribution in [0.4, 0.5) is 0 Å². The number of nitrogens with two attached hydrogens (primary N) is 1. The highest BCUT2D eigenvalue weighted by Crippen LogP contribution is 2.19. The van der Waals surface area contributed by atoms with E-state index in [1.54, 1.807) is 6.92 Å². The molecule has 1 amide bonds. The second kappa shape index (κ2) is 13.5. The van der Waals surface area contributed by atoms with Gasteiger partial charge in [0.1, 0.15) is 12.1 Å². The van der Waals surface area contributed by atoms with E-state index in [1.807, 2.05) is 84.9 Å². The van der Waals surface area contributed by atoms with E-state index < -0.39 is 18.1 Å². The van der Waals surface area contributed by atoms with Gasteiger partial charge in [-0.3, -0.25) is 4.79 Å². The molecular formula is C27H30N2O5. The lowest BCUT2D eigenvalue weighted by molar-refractivity contribution is -0.145. The monoisotopic (exact) mass is 462 g/mol. The molecule has 0 bridgehead atoms. The Kier molecular flexibility index (Phi) is 10.5. The zero-order valence-electron chi connectivity index (χ0n) is 19.3. The first-order valence-electron chi connectivity index (χ1n) is 10.9. The number of benzene rings is 3. The van der Waals surface area contributed by atoms with Gasteiger partial charge in [-0.2, -0.15) is 0 Å². The molecule has 3 aromatic rings. The first-order valence-corrected chi connectivity index (χ1v) is 10.9. The van der Waals surface area contributed by atoms with Crippen molar-refractivity contribution in [1.82, 2.24) is 5.32 Å². The maximum Gasteiger partial charge on any atom is 0.327 e. The lowest BCUT2D eigenvalue weighted by Gasteiger charge is -2.13. The molecule has 34 heavy (non-hydrogen) atoms. The molecule has 0 aliphatic rings. The quantitative estimate of drug-likeness (QED) is 0.439. The third-order valence-corrected chi connectivity index (χ3v) is 4.88. The van der Waals surface area contributed by atoms with Gasteiger partial charge in [-0.05, 0) is 29.2 Å². The summed E-state index contributed by atoms with van der Waals surface area (Å²) in [5.41, 5.74) is 9.49. The number of carboxylic acids is 1. The summed E-state index contributed by atoms with van der Waals surface area (Å²) in [6.07, 6.45) is 0.268. The molecule has 4 N–H and O–H groups in total. The summed E-state index contributed by atoms with van der Waals surface area (Å²) in [6, 6.07) is 25.2. The molecule has 178 valence electrons. The fourth-order valence-corrected chi connectivity index (χ4v) is 3.17. The number of hydrogen-bond donors (Lipinski definition) is 3. The van der Waals surface area contributed by atoms with Gasteiger partial charge in [-0.25, -0.2) is 9.59 Å². The molecule has 0 spiro atoms. The van der Waals surface area contributed by atoms with Crippen molar-refractivity contribution in [3.05, 3.63) is 96.1 Å². The Hall–Kier alpha value is -3.97. The zero-order valence-corrected chi connectivity index (χ0v) is 19.3. The van der Waals surface area contributed by atoms with Gasteiger partial charge in [0.25, 0.3) is 0 Å². The van der Waals surface area contributed by atoms with E-state index in [0.29, 0.717) is 6.61 Å². The minimum Gasteiger partial charge on any atom is -0.480 e. The second-order valence-electron chi connectivity index (χ2n) is 7.50. The number of hydrogen-bond acceptors (Lipinski definition) is 5. The molecule has 2 atom stereocenters. The van der Waals surface area contributed by atoms with Crippen LogP contribution in [-0.4, -0.2) is 35.6 Å². The van der Waals surface area contributed by atoms with Crippen LogP contribution in [0.2, 0.25) is 0 Å². The Morgan fingerprint density at radius 3 is 1.91 bits per heavy atom. The number of rotatable bonds is 8. The largest absolute Gasteiger partial charge is 0.480 e. The van der Waals surface area contributed by atoms with Crippen molar-refractivity contribution in [3.8, 4) is 11.1 Å². The molecule has 7 heteroatoms. The second-order valence-corrected chi connectivity index (χ2v) is 7.50. The Morgan fingerprint density at radius 2 is 1.41 bits per heavy atom. The predicted molar refractivity (Wildman–Crippen MR) is 131 cm³/mol. The van der Waals surface area contributed by atoms with Gasteiger partial charge < -0.3 is 20.9 Å². The minimum absolute atomic E-state index is 0.268. The summed E-state index contributed by atoms with van der Waals surface area (Å²) in [4.78, 5) is 33.3. The number of carboxylic acid groups (broad SMARTS) is 1. The van der Waals surface area contributed by atoms with Crippen LogP contribution >= 0.6 is 0 Å². The van der Waals surface area contributed by atoms with Gasteiger partial charge in [0, 0.05) is 13.3 Å². The van der Waals surface area contributed by atoms with E-state index in [-0.39, 0.29) is 18.3 Å². The molecule has 0 aliphatic heterocycles. The van der Waals surface area contributed by atoms with Crippen LogP contribution in [0.3, 0.4) is 0 Å². The van der Waals surface area contributed by atoms with Crippen LogP contribution in [0, 0.1) is 0 Å². The Bertz CT molecular complexity index is 1050. The number of amides is 1. The maximum absolute atomic E-state index is 11.2. The SMILES string of the molecule is CC(=O)N[C@H](Cc1ccc(-c2ccccc2)cc1)C(=O)O.CCOC(=O)[C@@H](N)c1ccccc1. The van der Waals surface area contributed by atoms with Gasteiger partial charge >= 0.3 is 11.9 Å². The van der Waals surface area contributed by atoms with Crippen LogP contribution in [0.15, 0.2) is 84.9 Å². The van der Waals surface area contributed by atoms with Gasteiger partial charge in [0.15, 0.2) is 0 Å².